The van der Waals surface area contributed by atoms with Gasteiger partial charge in [-0.1, -0.05) is 12.1 Å². The molecule has 0 aliphatic rings. The van der Waals surface area contributed by atoms with Crippen LogP contribution in [0.5, 0.6) is 11.5 Å². The Morgan fingerprint density at radius 2 is 1.48 bits per heavy atom. The predicted molar refractivity (Wildman–Crippen MR) is 115 cm³/mol. The molecule has 1 heterocycles. The largest absolute Gasteiger partial charge is 0.497 e. The molecule has 0 atom stereocenters. The molecule has 8 nitrogen and oxygen atoms in total. The fraction of sp³-hybridized carbons (Fsp3) is 0.217. The smallest absolute Gasteiger partial charge is 0.426 e. The van der Waals surface area contributed by atoms with Gasteiger partial charge in [-0.25, -0.2) is 10.2 Å². The van der Waals surface area contributed by atoms with Gasteiger partial charge in [0.1, 0.15) is 17.1 Å². The number of para-hydroxylation sites is 1. The van der Waals surface area contributed by atoms with Crippen LogP contribution in [-0.2, 0) is 10.3 Å². The van der Waals surface area contributed by atoms with Crippen molar-refractivity contribution in [1.29, 1.82) is 0 Å². The summed E-state index contributed by atoms with van der Waals surface area (Å²) in [5.74, 6) is 0.671. The fourth-order valence-electron chi connectivity index (χ4n) is 3.03. The summed E-state index contributed by atoms with van der Waals surface area (Å²) in [6, 6.07) is 16.0. The van der Waals surface area contributed by atoms with Crippen molar-refractivity contribution >= 4 is 12.0 Å². The maximum absolute atomic E-state index is 12.6. The van der Waals surface area contributed by atoms with E-state index in [1.165, 1.54) is 0 Å². The molecule has 0 fully saturated rings. The molecule has 0 bridgehead atoms. The zero-order chi connectivity index (χ0) is 22.4. The Hall–Kier alpha value is -3.94. The lowest BCUT2D eigenvalue weighted by Gasteiger charge is -2.26. The van der Waals surface area contributed by atoms with Crippen molar-refractivity contribution < 1.29 is 23.8 Å². The molecule has 0 saturated carbocycles. The van der Waals surface area contributed by atoms with Gasteiger partial charge < -0.3 is 18.8 Å². The van der Waals surface area contributed by atoms with Crippen LogP contribution in [0.4, 0.5) is 4.79 Å². The summed E-state index contributed by atoms with van der Waals surface area (Å²) in [6.07, 6.45) is 2.86. The third-order valence-corrected chi connectivity index (χ3v) is 4.70. The second-order valence-corrected chi connectivity index (χ2v) is 7.19. The number of nitrogens with one attached hydrogen (secondary N) is 2. The number of carbonyl (C=O) groups is 2. The molecule has 2 amide bonds. The molecule has 1 aromatic heterocycles. The molecule has 162 valence electrons. The maximum Gasteiger partial charge on any atom is 0.426 e. The molecule has 2 N–H and O–H groups in total. The number of benzene rings is 2. The zero-order valence-corrected chi connectivity index (χ0v) is 17.8. The highest BCUT2D eigenvalue weighted by molar-refractivity contribution is 5.98. The van der Waals surface area contributed by atoms with Crippen molar-refractivity contribution in [3.05, 3.63) is 78.1 Å². The number of rotatable bonds is 6. The van der Waals surface area contributed by atoms with Crippen LogP contribution < -0.4 is 20.3 Å². The van der Waals surface area contributed by atoms with E-state index >= 15 is 0 Å². The van der Waals surface area contributed by atoms with Gasteiger partial charge in [0, 0.05) is 24.0 Å². The van der Waals surface area contributed by atoms with E-state index < -0.39 is 17.6 Å². The van der Waals surface area contributed by atoms with Gasteiger partial charge in [-0.15, -0.1) is 0 Å². The van der Waals surface area contributed by atoms with Gasteiger partial charge in [-0.2, -0.15) is 0 Å². The summed E-state index contributed by atoms with van der Waals surface area (Å²) < 4.78 is 17.9. The van der Waals surface area contributed by atoms with Gasteiger partial charge in [-0.3, -0.25) is 10.2 Å². The van der Waals surface area contributed by atoms with E-state index in [-0.39, 0.29) is 0 Å². The van der Waals surface area contributed by atoms with Crippen molar-refractivity contribution in [2.75, 3.05) is 14.2 Å². The molecule has 0 unspecified atom stereocenters. The monoisotopic (exact) mass is 423 g/mol. The van der Waals surface area contributed by atoms with Crippen molar-refractivity contribution in [3.8, 4) is 17.2 Å². The lowest BCUT2D eigenvalue weighted by atomic mass is 9.97. The van der Waals surface area contributed by atoms with Crippen LogP contribution in [0.3, 0.4) is 0 Å². The van der Waals surface area contributed by atoms with Gasteiger partial charge in [-0.05, 0) is 50.2 Å². The number of methoxy groups -OCH3 is 2. The van der Waals surface area contributed by atoms with Crippen molar-refractivity contribution in [2.24, 2.45) is 0 Å². The van der Waals surface area contributed by atoms with Crippen LogP contribution in [0.15, 0.2) is 67.0 Å². The van der Waals surface area contributed by atoms with Crippen LogP contribution >= 0.6 is 0 Å². The number of aromatic nitrogens is 1. The van der Waals surface area contributed by atoms with Crippen LogP contribution in [0.25, 0.3) is 5.69 Å². The van der Waals surface area contributed by atoms with E-state index in [9.17, 15) is 9.59 Å². The number of ether oxygens (including phenoxy) is 3. The number of hydrogen-bond donors (Lipinski definition) is 2. The quantitative estimate of drug-likeness (QED) is 0.589. The molecule has 0 aliphatic heterocycles. The van der Waals surface area contributed by atoms with Gasteiger partial charge in [0.25, 0.3) is 5.91 Å². The number of nitrogens with zero attached hydrogens (tertiary/aromatic N) is 1. The second kappa shape index (κ2) is 9.25. The molecule has 0 spiro atoms. The van der Waals surface area contributed by atoms with E-state index in [2.05, 4.69) is 10.9 Å². The van der Waals surface area contributed by atoms with Crippen LogP contribution in [0, 0.1) is 0 Å². The number of hydrogen-bond acceptors (Lipinski definition) is 5. The minimum atomic E-state index is -1.01. The van der Waals surface area contributed by atoms with E-state index in [0.29, 0.717) is 28.3 Å². The number of hydrazine groups is 1. The molecule has 8 heteroatoms. The average Bonchev–Trinajstić information content (AvgIpc) is 3.31. The molecule has 2 aromatic carbocycles. The predicted octanol–water partition coefficient (Wildman–Crippen LogP) is 3.80. The first kappa shape index (κ1) is 21.8. The number of carbonyl (C=O) groups excluding carboxylic acids is 2. The molecular weight excluding hydrogens is 398 g/mol. The minimum absolute atomic E-state index is 0.399. The Morgan fingerprint density at radius 3 is 2.10 bits per heavy atom. The first-order chi connectivity index (χ1) is 14.8. The lowest BCUT2D eigenvalue weighted by molar-refractivity contribution is 0.0328. The average molecular weight is 423 g/mol. The molecular formula is C23H25N3O5. The van der Waals surface area contributed by atoms with E-state index in [4.69, 9.17) is 14.2 Å². The van der Waals surface area contributed by atoms with E-state index in [1.54, 1.807) is 58.4 Å². The van der Waals surface area contributed by atoms with Crippen LogP contribution in [0.2, 0.25) is 0 Å². The first-order valence-electron chi connectivity index (χ1n) is 9.59. The summed E-state index contributed by atoms with van der Waals surface area (Å²) in [5, 5.41) is 0. The van der Waals surface area contributed by atoms with E-state index in [0.717, 1.165) is 0 Å². The Labute approximate surface area is 180 Å². The Balaban J connectivity index is 1.67. The first-order valence-corrected chi connectivity index (χ1v) is 9.59. The highest BCUT2D eigenvalue weighted by atomic mass is 16.6. The Morgan fingerprint density at radius 1 is 0.871 bits per heavy atom. The topological polar surface area (TPSA) is 90.8 Å². The van der Waals surface area contributed by atoms with Gasteiger partial charge in [0.05, 0.1) is 25.5 Å². The van der Waals surface area contributed by atoms with Crippen LogP contribution in [-0.4, -0.2) is 30.8 Å². The fourth-order valence-corrected chi connectivity index (χ4v) is 3.03. The van der Waals surface area contributed by atoms with Gasteiger partial charge in [0.15, 0.2) is 0 Å². The summed E-state index contributed by atoms with van der Waals surface area (Å²) >= 11 is 0. The summed E-state index contributed by atoms with van der Waals surface area (Å²) in [5.41, 5.74) is 5.44. The zero-order valence-electron chi connectivity index (χ0n) is 17.8. The molecule has 3 rings (SSSR count). The van der Waals surface area contributed by atoms with E-state index in [1.807, 2.05) is 41.2 Å². The lowest BCUT2D eigenvalue weighted by Crippen LogP contribution is -2.44. The molecule has 0 saturated heterocycles. The second-order valence-electron chi connectivity index (χ2n) is 7.19. The highest BCUT2D eigenvalue weighted by Gasteiger charge is 2.27. The third-order valence-electron chi connectivity index (χ3n) is 4.70. The maximum atomic E-state index is 12.6. The van der Waals surface area contributed by atoms with Crippen molar-refractivity contribution in [2.45, 2.75) is 19.4 Å². The normalized spacial score (nSPS) is 10.8. The van der Waals surface area contributed by atoms with Gasteiger partial charge in [0.2, 0.25) is 0 Å². The van der Waals surface area contributed by atoms with Gasteiger partial charge >= 0.3 is 6.09 Å². The molecule has 31 heavy (non-hydrogen) atoms. The Kier molecular flexibility index (Phi) is 6.49. The SMILES string of the molecule is COc1cc(OC)cc(C(C)(C)OC(=O)NNC(=O)c2ccccc2-n2cccc2)c1. The summed E-state index contributed by atoms with van der Waals surface area (Å²) in [6.45, 7) is 3.45. The standard InChI is InChI=1S/C23H25N3O5/c1-23(2,16-13-17(29-3)15-18(14-16)30-4)31-22(28)25-24-21(27)19-9-5-6-10-20(19)26-11-7-8-12-26/h5-15H,1-4H3,(H,24,27)(H,25,28). The molecule has 0 aliphatic carbocycles. The molecule has 3 aromatic rings. The van der Waals surface area contributed by atoms with Crippen molar-refractivity contribution in [1.82, 2.24) is 15.4 Å². The third kappa shape index (κ3) is 5.16. The number of amides is 2. The van der Waals surface area contributed by atoms with Crippen LogP contribution in [0.1, 0.15) is 29.8 Å². The Bertz CT molecular complexity index is 1040. The molecule has 0 radical (unpaired) electrons. The summed E-state index contributed by atoms with van der Waals surface area (Å²) in [4.78, 5) is 25.0. The highest BCUT2D eigenvalue weighted by Crippen LogP contribution is 2.32. The minimum Gasteiger partial charge on any atom is -0.497 e. The van der Waals surface area contributed by atoms with Crippen molar-refractivity contribution in [3.63, 3.8) is 0 Å². The summed E-state index contributed by atoms with van der Waals surface area (Å²) in [7, 11) is 3.08.